The number of anilines is 2. The van der Waals surface area contributed by atoms with Gasteiger partial charge in [0.05, 0.1) is 44.1 Å². The first-order chi connectivity index (χ1) is 38.5. The standard InChI is InChI=1S/C70H78N8S2/c1-13-62-60(34-35-66(75-62)77-38-36-55-19-16-22-59(61(55)42-77)48(6)74-69-76-63-23-14-15-25-65(63)80-69)58-21-17-20-57(46(58)4)41-53-28-26-52(27-29-53)40-44(2)39-45(3)72-68(70(10,11)12)51(9)78-37-18-24-64(78)49(7)73-47(5)54-30-32-56(33-31-54)67-50(8)71-43-79-67/h13-17,19-23,25-35,43-44,47,64,68,72-73H,1,3,6-7,9,18,24,36-42H2,2,4-5,8,10-12H3,(H,74,76). The fraction of sp³-hybridized carbons (Fsp3) is 0.300. The molecule has 0 bridgehead atoms. The highest BCUT2D eigenvalue weighted by atomic mass is 32.1. The second-order valence-corrected chi connectivity index (χ2v) is 25.2. The number of thiazole rings is 2. The van der Waals surface area contributed by atoms with Gasteiger partial charge < -0.3 is 25.8 Å². The van der Waals surface area contributed by atoms with Crippen molar-refractivity contribution in [1.29, 1.82) is 0 Å². The number of hydrogen-bond donors (Lipinski definition) is 3. The Morgan fingerprint density at radius 2 is 1.57 bits per heavy atom. The van der Waals surface area contributed by atoms with Crippen molar-refractivity contribution < 1.29 is 0 Å². The van der Waals surface area contributed by atoms with E-state index < -0.39 is 0 Å². The summed E-state index contributed by atoms with van der Waals surface area (Å²) < 4.78 is 1.15. The summed E-state index contributed by atoms with van der Waals surface area (Å²) in [5.74, 6) is 1.35. The molecule has 4 atom stereocenters. The molecule has 0 radical (unpaired) electrons. The summed E-state index contributed by atoms with van der Waals surface area (Å²) in [6.07, 6.45) is 7.67. The first kappa shape index (κ1) is 55.8. The average molecular weight is 1100 g/mol. The van der Waals surface area contributed by atoms with Crippen molar-refractivity contribution in [2.24, 2.45) is 11.3 Å². The van der Waals surface area contributed by atoms with Gasteiger partial charge in [0.15, 0.2) is 5.13 Å². The van der Waals surface area contributed by atoms with Crippen molar-refractivity contribution in [3.8, 4) is 21.6 Å². The maximum atomic E-state index is 5.26. The summed E-state index contributed by atoms with van der Waals surface area (Å²) in [4.78, 5) is 20.6. The van der Waals surface area contributed by atoms with Gasteiger partial charge in [-0.2, -0.15) is 0 Å². The second kappa shape index (κ2) is 24.1. The molecule has 410 valence electrons. The third-order valence-electron chi connectivity index (χ3n) is 16.3. The maximum Gasteiger partial charge on any atom is 0.188 e. The van der Waals surface area contributed by atoms with E-state index in [0.29, 0.717) is 5.92 Å². The number of aryl methyl sites for hydroxylation is 1. The molecule has 2 aliphatic rings. The van der Waals surface area contributed by atoms with Crippen LogP contribution in [0, 0.1) is 25.2 Å². The molecule has 0 saturated carbocycles. The monoisotopic (exact) mass is 1090 g/mol. The number of fused-ring (bicyclic) bond motifs is 2. The molecule has 3 N–H and O–H groups in total. The van der Waals surface area contributed by atoms with Gasteiger partial charge in [-0.15, -0.1) is 11.3 Å². The lowest BCUT2D eigenvalue weighted by molar-refractivity contribution is 0.234. The molecule has 5 heterocycles. The molecule has 5 aromatic carbocycles. The summed E-state index contributed by atoms with van der Waals surface area (Å²) in [7, 11) is 0. The van der Waals surface area contributed by atoms with E-state index in [1.165, 1.54) is 54.9 Å². The van der Waals surface area contributed by atoms with Crippen LogP contribution in [0.25, 0.3) is 43.6 Å². The van der Waals surface area contributed by atoms with E-state index in [4.69, 9.17) is 16.5 Å². The summed E-state index contributed by atoms with van der Waals surface area (Å²) >= 11 is 3.34. The maximum absolute atomic E-state index is 5.26. The lowest BCUT2D eigenvalue weighted by Crippen LogP contribution is -2.48. The summed E-state index contributed by atoms with van der Waals surface area (Å²) in [6, 6.07) is 44.2. The summed E-state index contributed by atoms with van der Waals surface area (Å²) in [5, 5.41) is 12.0. The van der Waals surface area contributed by atoms with Crippen molar-refractivity contribution in [1.82, 2.24) is 30.5 Å². The van der Waals surface area contributed by atoms with Crippen molar-refractivity contribution in [2.75, 3.05) is 23.3 Å². The molecule has 1 saturated heterocycles. The van der Waals surface area contributed by atoms with Crippen LogP contribution in [-0.2, 0) is 25.8 Å². The first-order valence-corrected chi connectivity index (χ1v) is 30.0. The molecular formula is C70H78N8S2. The molecule has 8 aromatic rings. The van der Waals surface area contributed by atoms with E-state index >= 15 is 0 Å². The number of rotatable bonds is 21. The normalized spacial score (nSPS) is 15.5. The zero-order chi connectivity index (χ0) is 56.2. The SMILES string of the molecule is C=Cc1nc(N2CCc3cccc(C(=C)Nc4nc5ccccc5s4)c3C2)ccc1-c1cccc(Cc2ccc(CC(C)CC(=C)NC(C(=C)N3CCCC3C(=C)NC(C)c3ccc(-c4scnc4C)cc3)C(C)(C)C)cc2)c1C. The average Bonchev–Trinajstić information content (AvgIpc) is 4.24. The van der Waals surface area contributed by atoms with Gasteiger partial charge in [0.25, 0.3) is 0 Å². The second-order valence-electron chi connectivity index (χ2n) is 23.3. The quantitative estimate of drug-likeness (QED) is 0.0657. The Labute approximate surface area is 483 Å². The lowest BCUT2D eigenvalue weighted by Gasteiger charge is -2.41. The molecule has 3 aromatic heterocycles. The van der Waals surface area contributed by atoms with Crippen LogP contribution in [0.5, 0.6) is 0 Å². The minimum atomic E-state index is -0.0820. The van der Waals surface area contributed by atoms with E-state index in [9.17, 15) is 0 Å². The third kappa shape index (κ3) is 12.4. The molecule has 0 spiro atoms. The predicted molar refractivity (Wildman–Crippen MR) is 342 cm³/mol. The Kier molecular flexibility index (Phi) is 16.8. The summed E-state index contributed by atoms with van der Waals surface area (Å²) in [6.45, 7) is 41.0. The van der Waals surface area contributed by atoms with E-state index in [0.717, 1.165) is 125 Å². The van der Waals surface area contributed by atoms with Crippen molar-refractivity contribution in [2.45, 2.75) is 112 Å². The number of likely N-dealkylation sites (tertiary alicyclic amines) is 1. The zero-order valence-corrected chi connectivity index (χ0v) is 49.6. The van der Waals surface area contributed by atoms with E-state index in [2.05, 4.69) is 215 Å². The molecule has 2 aliphatic heterocycles. The number of aromatic nitrogens is 3. The summed E-state index contributed by atoms with van der Waals surface area (Å²) in [5.41, 5.74) is 22.5. The van der Waals surface area contributed by atoms with Crippen molar-refractivity contribution in [3.05, 3.63) is 233 Å². The molecule has 0 aliphatic carbocycles. The van der Waals surface area contributed by atoms with Crippen LogP contribution in [0.4, 0.5) is 10.9 Å². The number of benzene rings is 5. The van der Waals surface area contributed by atoms with Gasteiger partial charge in [-0.05, 0) is 151 Å². The molecule has 1 fully saturated rings. The Bertz CT molecular complexity index is 3540. The van der Waals surface area contributed by atoms with Crippen LogP contribution in [0.1, 0.15) is 116 Å². The van der Waals surface area contributed by atoms with Crippen LogP contribution in [0.15, 0.2) is 177 Å². The number of hydrogen-bond acceptors (Lipinski definition) is 10. The number of pyridine rings is 1. The largest absolute Gasteiger partial charge is 0.381 e. The van der Waals surface area contributed by atoms with Gasteiger partial charge in [0.2, 0.25) is 0 Å². The molecule has 4 unspecified atom stereocenters. The minimum Gasteiger partial charge on any atom is -0.381 e. The Balaban J connectivity index is 0.733. The number of para-hydroxylation sites is 1. The Morgan fingerprint density at radius 1 is 0.812 bits per heavy atom. The molecule has 0 amide bonds. The van der Waals surface area contributed by atoms with Crippen LogP contribution in [-0.4, -0.2) is 45.0 Å². The molecular weight excluding hydrogens is 1020 g/mol. The van der Waals surface area contributed by atoms with E-state index in [1.54, 1.807) is 22.7 Å². The van der Waals surface area contributed by atoms with Gasteiger partial charge >= 0.3 is 0 Å². The Hall–Kier alpha value is -7.53. The number of nitrogens with one attached hydrogen (secondary N) is 3. The lowest BCUT2D eigenvalue weighted by atomic mass is 9.83. The van der Waals surface area contributed by atoms with Gasteiger partial charge in [-0.25, -0.2) is 15.0 Å². The van der Waals surface area contributed by atoms with Crippen molar-refractivity contribution >= 4 is 55.6 Å². The van der Waals surface area contributed by atoms with Crippen molar-refractivity contribution in [3.63, 3.8) is 0 Å². The van der Waals surface area contributed by atoms with E-state index in [-0.39, 0.29) is 23.5 Å². The van der Waals surface area contributed by atoms with Gasteiger partial charge in [0, 0.05) is 59.6 Å². The smallest absolute Gasteiger partial charge is 0.188 e. The molecule has 80 heavy (non-hydrogen) atoms. The zero-order valence-electron chi connectivity index (χ0n) is 48.0. The first-order valence-electron chi connectivity index (χ1n) is 28.3. The van der Waals surface area contributed by atoms with E-state index in [1.807, 2.05) is 23.7 Å². The van der Waals surface area contributed by atoms with Crippen LogP contribution >= 0.6 is 22.7 Å². The highest BCUT2D eigenvalue weighted by molar-refractivity contribution is 7.22. The fourth-order valence-electron chi connectivity index (χ4n) is 11.9. The highest BCUT2D eigenvalue weighted by Gasteiger charge is 2.36. The molecule has 10 heteroatoms. The third-order valence-corrected chi connectivity index (χ3v) is 18.2. The molecule has 10 rings (SSSR count). The topological polar surface area (TPSA) is 81.2 Å². The van der Waals surface area contributed by atoms with Gasteiger partial charge in [0.1, 0.15) is 5.82 Å². The Morgan fingerprint density at radius 3 is 2.31 bits per heavy atom. The van der Waals surface area contributed by atoms with Gasteiger partial charge in [-0.1, -0.05) is 169 Å². The molecule has 8 nitrogen and oxygen atoms in total. The highest BCUT2D eigenvalue weighted by Crippen LogP contribution is 2.38. The van der Waals surface area contributed by atoms with Crippen LogP contribution in [0.2, 0.25) is 0 Å². The van der Waals surface area contributed by atoms with Crippen LogP contribution in [0.3, 0.4) is 0 Å². The fourth-order valence-corrected chi connectivity index (χ4v) is 13.6. The number of allylic oxidation sites excluding steroid dienone is 1. The number of nitrogens with zero attached hydrogens (tertiary/aromatic N) is 5. The van der Waals surface area contributed by atoms with Crippen LogP contribution < -0.4 is 20.9 Å². The minimum absolute atomic E-state index is 0.0236. The predicted octanol–water partition coefficient (Wildman–Crippen LogP) is 16.9. The van der Waals surface area contributed by atoms with Gasteiger partial charge in [-0.3, -0.25) is 0 Å².